The van der Waals surface area contributed by atoms with Gasteiger partial charge in [-0.3, -0.25) is 0 Å². The zero-order valence-corrected chi connectivity index (χ0v) is 20.9. The summed E-state index contributed by atoms with van der Waals surface area (Å²) in [5.41, 5.74) is 1.23. The van der Waals surface area contributed by atoms with E-state index in [4.69, 9.17) is 13.6 Å². The number of hydrogen-bond acceptors (Lipinski definition) is 3. The molecule has 0 aromatic heterocycles. The van der Waals surface area contributed by atoms with Gasteiger partial charge in [-0.15, -0.1) is 0 Å². The lowest BCUT2D eigenvalue weighted by Gasteiger charge is -2.37. The first kappa shape index (κ1) is 23.3. The zero-order valence-electron chi connectivity index (χ0n) is 18.9. The van der Waals surface area contributed by atoms with E-state index in [0.717, 1.165) is 24.5 Å². The minimum atomic E-state index is -1.88. The predicted molar refractivity (Wildman–Crippen MR) is 118 cm³/mol. The molecule has 0 aliphatic carbocycles. The fraction of sp³-hybridized carbons (Fsp3) is 0.714. The van der Waals surface area contributed by atoms with Crippen molar-refractivity contribution in [3.63, 3.8) is 0 Å². The van der Waals surface area contributed by atoms with E-state index in [9.17, 15) is 0 Å². The summed E-state index contributed by atoms with van der Waals surface area (Å²) in [6.07, 6.45) is 0.892. The van der Waals surface area contributed by atoms with E-state index < -0.39 is 16.6 Å². The third-order valence-corrected chi connectivity index (χ3v) is 14.9. The van der Waals surface area contributed by atoms with E-state index in [0.29, 0.717) is 0 Å². The van der Waals surface area contributed by atoms with Gasteiger partial charge in [-0.1, -0.05) is 47.6 Å². The topological polar surface area (TPSA) is 27.7 Å². The maximum atomic E-state index is 6.44. The summed E-state index contributed by atoms with van der Waals surface area (Å²) in [4.78, 5) is 0. The highest BCUT2D eigenvalue weighted by molar-refractivity contribution is 6.75. The Morgan fingerprint density at radius 2 is 1.35 bits per heavy atom. The van der Waals surface area contributed by atoms with Gasteiger partial charge in [-0.2, -0.15) is 0 Å². The summed E-state index contributed by atoms with van der Waals surface area (Å²) in [5.74, 6) is 1.67. The molecule has 150 valence electrons. The molecule has 0 atom stereocenters. The Labute approximate surface area is 163 Å². The van der Waals surface area contributed by atoms with Crippen LogP contribution in [-0.4, -0.2) is 30.4 Å². The van der Waals surface area contributed by atoms with Crippen molar-refractivity contribution in [3.8, 4) is 11.5 Å². The molecule has 0 heterocycles. The fourth-order valence-corrected chi connectivity index (χ4v) is 4.09. The fourth-order valence-electron chi connectivity index (χ4n) is 2.02. The molecule has 0 fully saturated rings. The summed E-state index contributed by atoms with van der Waals surface area (Å²) in [6.45, 7) is 23.4. The number of benzene rings is 1. The SMILES string of the molecule is COc1cc(CCO[Si](C)(C)C(C)(C)C)ccc1O[Si](C)(C)C(C)(C)C. The van der Waals surface area contributed by atoms with Crippen LogP contribution in [0.15, 0.2) is 18.2 Å². The third-order valence-electron chi connectivity index (χ3n) is 6.06. The molecule has 5 heteroatoms. The van der Waals surface area contributed by atoms with Crippen LogP contribution in [0.4, 0.5) is 0 Å². The van der Waals surface area contributed by atoms with Crippen molar-refractivity contribution in [1.29, 1.82) is 0 Å². The third kappa shape index (κ3) is 5.86. The Morgan fingerprint density at radius 1 is 0.808 bits per heavy atom. The molecule has 0 saturated heterocycles. The van der Waals surface area contributed by atoms with Crippen LogP contribution in [-0.2, 0) is 10.8 Å². The maximum Gasteiger partial charge on any atom is 0.250 e. The molecule has 26 heavy (non-hydrogen) atoms. The first-order valence-electron chi connectivity index (χ1n) is 9.61. The summed E-state index contributed by atoms with van der Waals surface area (Å²) in [5, 5.41) is 0.402. The summed E-state index contributed by atoms with van der Waals surface area (Å²) in [7, 11) is -1.86. The first-order valence-corrected chi connectivity index (χ1v) is 15.4. The monoisotopic (exact) mass is 396 g/mol. The second-order valence-electron chi connectivity index (χ2n) is 10.2. The molecule has 0 spiro atoms. The van der Waals surface area contributed by atoms with Gasteiger partial charge in [0, 0.05) is 6.61 Å². The van der Waals surface area contributed by atoms with E-state index in [2.05, 4.69) is 85.9 Å². The Kier molecular flexibility index (Phi) is 7.22. The molecule has 0 bridgehead atoms. The first-order chi connectivity index (χ1) is 11.6. The Bertz CT molecular complexity index is 596. The van der Waals surface area contributed by atoms with Gasteiger partial charge in [-0.25, -0.2) is 0 Å². The Balaban J connectivity index is 2.84. The quantitative estimate of drug-likeness (QED) is 0.483. The maximum absolute atomic E-state index is 6.44. The van der Waals surface area contributed by atoms with Crippen LogP contribution in [0.2, 0.25) is 36.3 Å². The Hall–Kier alpha value is -0.786. The van der Waals surface area contributed by atoms with Crippen LogP contribution in [0.25, 0.3) is 0 Å². The molecule has 1 rings (SSSR count). The molecule has 1 aromatic rings. The molecule has 0 aliphatic rings. The van der Waals surface area contributed by atoms with Crippen LogP contribution in [0.1, 0.15) is 47.1 Å². The molecular formula is C21H40O3Si2. The lowest BCUT2D eigenvalue weighted by atomic mass is 10.1. The average Bonchev–Trinajstić information content (AvgIpc) is 2.45. The van der Waals surface area contributed by atoms with Gasteiger partial charge in [0.05, 0.1) is 7.11 Å². The Morgan fingerprint density at radius 3 is 1.81 bits per heavy atom. The van der Waals surface area contributed by atoms with Gasteiger partial charge in [0.25, 0.3) is 8.32 Å². The molecule has 0 N–H and O–H groups in total. The highest BCUT2D eigenvalue weighted by Gasteiger charge is 2.39. The summed E-state index contributed by atoms with van der Waals surface area (Å²) < 4.78 is 18.3. The van der Waals surface area contributed by atoms with Gasteiger partial charge >= 0.3 is 0 Å². The standard InChI is InChI=1S/C21H40O3Si2/c1-20(2,3)25(8,9)23-15-14-17-12-13-18(19(16-17)22-7)24-26(10,11)21(4,5)6/h12-13,16H,14-15H2,1-11H3. The molecule has 0 unspecified atom stereocenters. The van der Waals surface area contributed by atoms with Crippen molar-refractivity contribution < 1.29 is 13.6 Å². The largest absolute Gasteiger partial charge is 0.541 e. The number of rotatable bonds is 7. The van der Waals surface area contributed by atoms with E-state index in [1.165, 1.54) is 5.56 Å². The summed E-state index contributed by atoms with van der Waals surface area (Å²) >= 11 is 0. The van der Waals surface area contributed by atoms with Crippen LogP contribution >= 0.6 is 0 Å². The van der Waals surface area contributed by atoms with Crippen LogP contribution in [0.5, 0.6) is 11.5 Å². The van der Waals surface area contributed by atoms with Crippen LogP contribution < -0.4 is 9.16 Å². The van der Waals surface area contributed by atoms with Crippen LogP contribution in [0.3, 0.4) is 0 Å². The number of ether oxygens (including phenoxy) is 1. The minimum Gasteiger partial charge on any atom is -0.541 e. The lowest BCUT2D eigenvalue weighted by molar-refractivity contribution is 0.291. The van der Waals surface area contributed by atoms with E-state index in [-0.39, 0.29) is 10.1 Å². The average molecular weight is 397 g/mol. The van der Waals surface area contributed by atoms with E-state index >= 15 is 0 Å². The van der Waals surface area contributed by atoms with Crippen molar-refractivity contribution in [1.82, 2.24) is 0 Å². The van der Waals surface area contributed by atoms with Crippen molar-refractivity contribution in [2.24, 2.45) is 0 Å². The van der Waals surface area contributed by atoms with E-state index in [1.807, 2.05) is 0 Å². The van der Waals surface area contributed by atoms with Gasteiger partial charge in [0.15, 0.2) is 14.1 Å². The van der Waals surface area contributed by atoms with Gasteiger partial charge in [0.1, 0.15) is 5.75 Å². The van der Waals surface area contributed by atoms with Gasteiger partial charge in [0.2, 0.25) is 0 Å². The zero-order chi connectivity index (χ0) is 20.4. The van der Waals surface area contributed by atoms with Crippen molar-refractivity contribution in [2.45, 2.75) is 84.2 Å². The van der Waals surface area contributed by atoms with Crippen molar-refractivity contribution in [3.05, 3.63) is 23.8 Å². The molecule has 1 aromatic carbocycles. The molecule has 0 aliphatic heterocycles. The number of methoxy groups -OCH3 is 1. The molecule has 0 radical (unpaired) electrons. The van der Waals surface area contributed by atoms with Gasteiger partial charge in [-0.05, 0) is 60.4 Å². The normalized spacial score (nSPS) is 13.7. The smallest absolute Gasteiger partial charge is 0.250 e. The summed E-state index contributed by atoms with van der Waals surface area (Å²) in [6, 6.07) is 6.29. The lowest BCUT2D eigenvalue weighted by Crippen LogP contribution is -2.43. The van der Waals surface area contributed by atoms with Gasteiger partial charge < -0.3 is 13.6 Å². The molecule has 0 amide bonds. The van der Waals surface area contributed by atoms with Crippen molar-refractivity contribution in [2.75, 3.05) is 13.7 Å². The highest BCUT2D eigenvalue weighted by atomic mass is 28.4. The van der Waals surface area contributed by atoms with Crippen molar-refractivity contribution >= 4 is 16.6 Å². The molecule has 0 saturated carbocycles. The second-order valence-corrected chi connectivity index (χ2v) is 19.7. The number of hydrogen-bond donors (Lipinski definition) is 0. The molecule has 3 nitrogen and oxygen atoms in total. The van der Waals surface area contributed by atoms with E-state index in [1.54, 1.807) is 7.11 Å². The second kappa shape index (κ2) is 8.07. The minimum absolute atomic E-state index is 0.160. The highest BCUT2D eigenvalue weighted by Crippen LogP contribution is 2.40. The molecular weight excluding hydrogens is 356 g/mol. The predicted octanol–water partition coefficient (Wildman–Crippen LogP) is 6.64. The van der Waals surface area contributed by atoms with Crippen LogP contribution in [0, 0.1) is 0 Å².